The Morgan fingerprint density at radius 2 is 2.00 bits per heavy atom. The number of aromatic nitrogens is 3. The molecule has 4 heterocycles. The number of anilines is 1. The Kier molecular flexibility index (Phi) is 7.06. The number of halogens is 3. The fraction of sp³-hybridized carbons (Fsp3) is 0.308. The number of nitrogens with one attached hydrogen (secondary N) is 1. The molecule has 1 aliphatic heterocycles. The molecule has 1 aromatic carbocycles. The molecule has 3 aromatic heterocycles. The Balaban J connectivity index is 1.32. The third-order valence-electron chi connectivity index (χ3n) is 6.22. The number of hydrogen-bond donors (Lipinski definition) is 1. The number of nitrogens with zero attached hydrogens (tertiary/aromatic N) is 4. The first-order chi connectivity index (χ1) is 18.2. The predicted octanol–water partition coefficient (Wildman–Crippen LogP) is 4.17. The van der Waals surface area contributed by atoms with Crippen molar-refractivity contribution in [3.05, 3.63) is 86.3 Å². The predicted molar refractivity (Wildman–Crippen MR) is 137 cm³/mol. The summed E-state index contributed by atoms with van der Waals surface area (Å²) in [5.74, 6) is 0.0534. The molecule has 0 radical (unpaired) electrons. The molecule has 0 saturated heterocycles. The van der Waals surface area contributed by atoms with Crippen LogP contribution in [0, 0.1) is 0 Å². The summed E-state index contributed by atoms with van der Waals surface area (Å²) < 4.78 is 39.5. The van der Waals surface area contributed by atoms with Gasteiger partial charge < -0.3 is 15.1 Å². The number of carbonyl (C=O) groups is 1. The molecule has 0 unspecified atom stereocenters. The van der Waals surface area contributed by atoms with Crippen LogP contribution in [0.15, 0.2) is 53.5 Å². The second-order valence-electron chi connectivity index (χ2n) is 8.73. The molecule has 1 aliphatic rings. The van der Waals surface area contributed by atoms with E-state index in [4.69, 9.17) is 4.84 Å². The third-order valence-corrected chi connectivity index (χ3v) is 7.27. The number of benzene rings is 1. The van der Waals surface area contributed by atoms with Gasteiger partial charge in [-0.25, -0.2) is 9.97 Å². The molecule has 198 valence electrons. The lowest BCUT2D eigenvalue weighted by Gasteiger charge is -2.28. The Bertz CT molecular complexity index is 1500. The molecule has 4 aromatic rings. The lowest BCUT2D eigenvalue weighted by molar-refractivity contribution is -0.137. The van der Waals surface area contributed by atoms with E-state index in [9.17, 15) is 22.8 Å². The highest BCUT2D eigenvalue weighted by Crippen LogP contribution is 2.29. The highest BCUT2D eigenvalue weighted by Gasteiger charge is 2.30. The molecule has 0 atom stereocenters. The fourth-order valence-electron chi connectivity index (χ4n) is 4.31. The molecule has 0 aliphatic carbocycles. The maximum Gasteiger partial charge on any atom is 0.416 e. The van der Waals surface area contributed by atoms with Gasteiger partial charge in [0.2, 0.25) is 5.95 Å². The number of thiophene rings is 1. The van der Waals surface area contributed by atoms with Crippen molar-refractivity contribution in [2.24, 2.45) is 0 Å². The highest BCUT2D eigenvalue weighted by molar-refractivity contribution is 7.20. The molecule has 0 spiro atoms. The van der Waals surface area contributed by atoms with Gasteiger partial charge in [0.15, 0.2) is 0 Å². The van der Waals surface area contributed by atoms with Crippen molar-refractivity contribution in [2.75, 3.05) is 25.0 Å². The third kappa shape index (κ3) is 5.21. The minimum absolute atomic E-state index is 0.112. The summed E-state index contributed by atoms with van der Waals surface area (Å²) in [4.78, 5) is 44.0. The van der Waals surface area contributed by atoms with E-state index in [1.165, 1.54) is 23.5 Å². The molecule has 5 rings (SSSR count). The van der Waals surface area contributed by atoms with Crippen LogP contribution in [0.3, 0.4) is 0 Å². The van der Waals surface area contributed by atoms with Gasteiger partial charge in [-0.3, -0.25) is 9.59 Å². The normalized spacial score (nSPS) is 13.4. The van der Waals surface area contributed by atoms with Crippen molar-refractivity contribution in [3.8, 4) is 0 Å². The average Bonchev–Trinajstić information content (AvgIpc) is 3.34. The standard InChI is InChI=1S/C26H24F3N5O3S/c1-2-37-34-23(35)19-15-33(24(36)21-14-17-4-3-11-30-22(17)38-21)13-10-20(19)32-25(34)31-12-9-16-5-7-18(8-6-16)26(27,28)29/h3-8,11,14H,2,9-10,12-13,15H2,1H3,(H,31,32). The quantitative estimate of drug-likeness (QED) is 0.376. The van der Waals surface area contributed by atoms with Crippen LogP contribution >= 0.6 is 11.3 Å². The summed E-state index contributed by atoms with van der Waals surface area (Å²) in [6.45, 7) is 2.80. The van der Waals surface area contributed by atoms with E-state index in [0.29, 0.717) is 47.6 Å². The molecule has 0 fully saturated rings. The molecule has 0 saturated carbocycles. The van der Waals surface area contributed by atoms with E-state index in [2.05, 4.69) is 15.3 Å². The van der Waals surface area contributed by atoms with Gasteiger partial charge in [0.25, 0.3) is 11.5 Å². The maximum absolute atomic E-state index is 13.3. The number of carbonyl (C=O) groups excluding carboxylic acids is 1. The molecule has 8 nitrogen and oxygen atoms in total. The average molecular weight is 544 g/mol. The van der Waals surface area contributed by atoms with Crippen LogP contribution < -0.4 is 15.7 Å². The second-order valence-corrected chi connectivity index (χ2v) is 9.77. The first kappa shape index (κ1) is 25.7. The maximum atomic E-state index is 13.3. The van der Waals surface area contributed by atoms with Gasteiger partial charge in [0.1, 0.15) is 11.4 Å². The van der Waals surface area contributed by atoms with Crippen LogP contribution in [-0.2, 0) is 25.6 Å². The van der Waals surface area contributed by atoms with E-state index in [1.807, 2.05) is 18.2 Å². The summed E-state index contributed by atoms with van der Waals surface area (Å²) in [5, 5.41) is 3.97. The van der Waals surface area contributed by atoms with Crippen LogP contribution in [0.2, 0.25) is 0 Å². The Hall–Kier alpha value is -3.93. The first-order valence-electron chi connectivity index (χ1n) is 12.1. The number of hydrogen-bond acceptors (Lipinski definition) is 7. The van der Waals surface area contributed by atoms with E-state index in [1.54, 1.807) is 18.0 Å². The molecule has 0 bridgehead atoms. The zero-order chi connectivity index (χ0) is 26.9. The number of alkyl halides is 3. The van der Waals surface area contributed by atoms with Crippen molar-refractivity contribution in [3.63, 3.8) is 0 Å². The van der Waals surface area contributed by atoms with E-state index >= 15 is 0 Å². The van der Waals surface area contributed by atoms with Crippen LogP contribution in [0.4, 0.5) is 19.1 Å². The van der Waals surface area contributed by atoms with Crippen LogP contribution in [0.1, 0.15) is 39.0 Å². The fourth-order valence-corrected chi connectivity index (χ4v) is 5.28. The monoisotopic (exact) mass is 543 g/mol. The van der Waals surface area contributed by atoms with Crippen LogP contribution in [0.5, 0.6) is 0 Å². The van der Waals surface area contributed by atoms with E-state index < -0.39 is 17.3 Å². The summed E-state index contributed by atoms with van der Waals surface area (Å²) >= 11 is 1.32. The minimum Gasteiger partial charge on any atom is -0.408 e. The molecule has 38 heavy (non-hydrogen) atoms. The number of rotatable bonds is 7. The van der Waals surface area contributed by atoms with Crippen molar-refractivity contribution in [1.82, 2.24) is 19.6 Å². The minimum atomic E-state index is -4.38. The van der Waals surface area contributed by atoms with Gasteiger partial charge in [0.05, 0.1) is 28.2 Å². The van der Waals surface area contributed by atoms with Gasteiger partial charge in [-0.15, -0.1) is 16.1 Å². The SMILES string of the molecule is CCOn1c(NCCc2ccc(C(F)(F)F)cc2)nc2c(c1=O)CN(C(=O)c1cc3cccnc3s1)CC2. The summed E-state index contributed by atoms with van der Waals surface area (Å²) in [6, 6.07) is 10.5. The van der Waals surface area contributed by atoms with Gasteiger partial charge in [-0.1, -0.05) is 18.2 Å². The Labute approximate surface area is 219 Å². The van der Waals surface area contributed by atoms with E-state index in [0.717, 1.165) is 27.1 Å². The largest absolute Gasteiger partial charge is 0.416 e. The topological polar surface area (TPSA) is 89.4 Å². The van der Waals surface area contributed by atoms with Crippen LogP contribution in [-0.4, -0.2) is 45.2 Å². The number of amides is 1. The molecule has 1 N–H and O–H groups in total. The lowest BCUT2D eigenvalue weighted by atomic mass is 10.1. The first-order valence-corrected chi connectivity index (χ1v) is 12.9. The van der Waals surface area contributed by atoms with Gasteiger partial charge in [0, 0.05) is 31.1 Å². The Morgan fingerprint density at radius 3 is 2.71 bits per heavy atom. The van der Waals surface area contributed by atoms with Gasteiger partial charge >= 0.3 is 6.18 Å². The summed E-state index contributed by atoms with van der Waals surface area (Å²) in [6.07, 6.45) is -1.88. The number of pyridine rings is 1. The molecule has 12 heteroatoms. The van der Waals surface area contributed by atoms with Crippen molar-refractivity contribution in [2.45, 2.75) is 32.5 Å². The lowest BCUT2D eigenvalue weighted by Crippen LogP contribution is -2.42. The van der Waals surface area contributed by atoms with Crippen LogP contribution in [0.25, 0.3) is 10.2 Å². The van der Waals surface area contributed by atoms with Crippen molar-refractivity contribution in [1.29, 1.82) is 0 Å². The zero-order valence-corrected chi connectivity index (χ0v) is 21.2. The highest BCUT2D eigenvalue weighted by atomic mass is 32.1. The van der Waals surface area contributed by atoms with Gasteiger partial charge in [-0.2, -0.15) is 13.2 Å². The Morgan fingerprint density at radius 1 is 1.21 bits per heavy atom. The summed E-state index contributed by atoms with van der Waals surface area (Å²) in [5.41, 5.74) is 0.589. The zero-order valence-electron chi connectivity index (χ0n) is 20.4. The second kappa shape index (κ2) is 10.4. The van der Waals surface area contributed by atoms with Crippen molar-refractivity contribution >= 4 is 33.4 Å². The summed E-state index contributed by atoms with van der Waals surface area (Å²) in [7, 11) is 0. The number of fused-ring (bicyclic) bond motifs is 2. The van der Waals surface area contributed by atoms with E-state index in [-0.39, 0.29) is 25.0 Å². The van der Waals surface area contributed by atoms with Crippen molar-refractivity contribution < 1.29 is 22.8 Å². The molecule has 1 amide bonds. The van der Waals surface area contributed by atoms with Gasteiger partial charge in [-0.05, 0) is 43.2 Å². The molecular formula is C26H24F3N5O3S. The molecular weight excluding hydrogens is 519 g/mol. The smallest absolute Gasteiger partial charge is 0.408 e.